The van der Waals surface area contributed by atoms with Crippen LogP contribution in [0.5, 0.6) is 11.5 Å². The van der Waals surface area contributed by atoms with E-state index in [1.54, 1.807) is 78.9 Å². The second-order valence-corrected chi connectivity index (χ2v) is 10.3. The standard InChI is InChI=1S/C30H24N4O6S/c1-40-23-14-11-21(12-15-23)31-26-16-13-22(18-27(26)41(37,38)39)33-34-28-24-10-6-5-7-19(24)17-25(29(28)35)30(36)32-20-8-3-2-4-9-20/h2-18,31,35H,1H3,(H,32,36)(H,37,38,39). The Labute approximate surface area is 235 Å². The summed E-state index contributed by atoms with van der Waals surface area (Å²) in [5, 5.41) is 26.3. The van der Waals surface area contributed by atoms with Gasteiger partial charge in [-0.15, -0.1) is 5.11 Å². The van der Waals surface area contributed by atoms with Crippen LogP contribution in [0.4, 0.5) is 28.4 Å². The van der Waals surface area contributed by atoms with Crippen molar-refractivity contribution >= 4 is 55.2 Å². The van der Waals surface area contributed by atoms with E-state index in [-0.39, 0.29) is 22.6 Å². The predicted molar refractivity (Wildman–Crippen MR) is 157 cm³/mol. The summed E-state index contributed by atoms with van der Waals surface area (Å²) in [6.07, 6.45) is 0. The van der Waals surface area contributed by atoms with E-state index in [0.717, 1.165) is 6.07 Å². The molecule has 0 aliphatic heterocycles. The predicted octanol–water partition coefficient (Wildman–Crippen LogP) is 7.21. The lowest BCUT2D eigenvalue weighted by molar-refractivity contribution is 0.102. The fourth-order valence-corrected chi connectivity index (χ4v) is 4.81. The first-order chi connectivity index (χ1) is 19.7. The molecule has 41 heavy (non-hydrogen) atoms. The fourth-order valence-electron chi connectivity index (χ4n) is 4.14. The van der Waals surface area contributed by atoms with E-state index in [9.17, 15) is 22.9 Å². The van der Waals surface area contributed by atoms with Crippen LogP contribution in [0, 0.1) is 0 Å². The number of anilines is 3. The van der Waals surface area contributed by atoms with Crippen molar-refractivity contribution in [1.29, 1.82) is 0 Å². The summed E-state index contributed by atoms with van der Waals surface area (Å²) >= 11 is 0. The van der Waals surface area contributed by atoms with Gasteiger partial charge < -0.3 is 20.5 Å². The van der Waals surface area contributed by atoms with Crippen molar-refractivity contribution in [3.05, 3.63) is 109 Å². The largest absolute Gasteiger partial charge is 0.505 e. The van der Waals surface area contributed by atoms with E-state index in [4.69, 9.17) is 4.74 Å². The van der Waals surface area contributed by atoms with Crippen molar-refractivity contribution < 1.29 is 27.6 Å². The molecule has 10 nitrogen and oxygen atoms in total. The number of fused-ring (bicyclic) bond motifs is 1. The Morgan fingerprint density at radius 1 is 0.829 bits per heavy atom. The summed E-state index contributed by atoms with van der Waals surface area (Å²) in [6, 6.07) is 28.2. The summed E-state index contributed by atoms with van der Waals surface area (Å²) in [5.41, 5.74) is 1.32. The number of nitrogens with one attached hydrogen (secondary N) is 2. The molecule has 0 saturated heterocycles. The highest BCUT2D eigenvalue weighted by atomic mass is 32.2. The molecule has 5 aromatic carbocycles. The van der Waals surface area contributed by atoms with Gasteiger partial charge in [0.15, 0.2) is 5.75 Å². The Morgan fingerprint density at radius 3 is 2.24 bits per heavy atom. The van der Waals surface area contributed by atoms with E-state index in [1.165, 1.54) is 19.2 Å². The van der Waals surface area contributed by atoms with Crippen molar-refractivity contribution in [3.8, 4) is 11.5 Å². The van der Waals surface area contributed by atoms with Gasteiger partial charge in [0, 0.05) is 16.8 Å². The molecule has 206 valence electrons. The molecule has 0 atom stereocenters. The van der Waals surface area contributed by atoms with E-state index in [1.807, 2.05) is 6.07 Å². The zero-order chi connectivity index (χ0) is 29.0. The number of rotatable bonds is 8. The number of phenols is 1. The lowest BCUT2D eigenvalue weighted by Gasteiger charge is -2.12. The normalized spacial score (nSPS) is 11.5. The average molecular weight is 569 g/mol. The smallest absolute Gasteiger partial charge is 0.296 e. The minimum Gasteiger partial charge on any atom is -0.505 e. The van der Waals surface area contributed by atoms with Gasteiger partial charge in [-0.25, -0.2) is 0 Å². The molecule has 4 N–H and O–H groups in total. The van der Waals surface area contributed by atoms with Crippen molar-refractivity contribution in [2.45, 2.75) is 4.90 Å². The molecule has 0 aliphatic rings. The SMILES string of the molecule is COc1ccc(Nc2ccc(N=Nc3c(O)c(C(=O)Nc4ccccc4)cc4ccccc34)cc2S(=O)(=O)O)cc1. The van der Waals surface area contributed by atoms with E-state index >= 15 is 0 Å². The van der Waals surface area contributed by atoms with Crippen LogP contribution in [0.1, 0.15) is 10.4 Å². The van der Waals surface area contributed by atoms with Gasteiger partial charge in [-0.3, -0.25) is 9.35 Å². The number of benzene rings is 5. The first-order valence-electron chi connectivity index (χ1n) is 12.3. The van der Waals surface area contributed by atoms with E-state index in [2.05, 4.69) is 20.9 Å². The third kappa shape index (κ3) is 6.16. The minimum atomic E-state index is -4.65. The summed E-state index contributed by atoms with van der Waals surface area (Å²) in [5.74, 6) is -0.314. The zero-order valence-corrected chi connectivity index (χ0v) is 22.5. The number of aromatic hydroxyl groups is 1. The number of phenolic OH excluding ortho intramolecular Hbond substituents is 1. The molecule has 0 radical (unpaired) electrons. The number of carbonyl (C=O) groups is 1. The average Bonchev–Trinajstić information content (AvgIpc) is 2.97. The van der Waals surface area contributed by atoms with E-state index in [0.29, 0.717) is 27.9 Å². The molecular formula is C30H24N4O6S. The topological polar surface area (TPSA) is 150 Å². The van der Waals surface area contributed by atoms with Crippen molar-refractivity contribution in [2.75, 3.05) is 17.7 Å². The molecule has 0 aromatic heterocycles. The summed E-state index contributed by atoms with van der Waals surface area (Å²) in [7, 11) is -3.12. The van der Waals surface area contributed by atoms with Gasteiger partial charge in [0.2, 0.25) is 0 Å². The maximum atomic E-state index is 13.0. The van der Waals surface area contributed by atoms with Crippen LogP contribution in [0.3, 0.4) is 0 Å². The molecule has 0 saturated carbocycles. The Hall–Kier alpha value is -5.26. The third-order valence-corrected chi connectivity index (χ3v) is 7.04. The molecule has 0 spiro atoms. The number of methoxy groups -OCH3 is 1. The number of ether oxygens (including phenoxy) is 1. The highest BCUT2D eigenvalue weighted by Gasteiger charge is 2.20. The number of amides is 1. The van der Waals surface area contributed by atoms with Crippen molar-refractivity contribution in [2.24, 2.45) is 10.2 Å². The van der Waals surface area contributed by atoms with E-state index < -0.39 is 26.7 Å². The maximum absolute atomic E-state index is 13.0. The van der Waals surface area contributed by atoms with Gasteiger partial charge in [0.25, 0.3) is 16.0 Å². The molecule has 0 fully saturated rings. The Kier molecular flexibility index (Phi) is 7.64. The minimum absolute atomic E-state index is 0.0147. The second-order valence-electron chi connectivity index (χ2n) is 8.87. The number of carbonyl (C=O) groups excluding carboxylic acids is 1. The van der Waals surface area contributed by atoms with Gasteiger partial charge >= 0.3 is 0 Å². The molecular weight excluding hydrogens is 544 g/mol. The third-order valence-electron chi connectivity index (χ3n) is 6.15. The fraction of sp³-hybridized carbons (Fsp3) is 0.0333. The van der Waals surface area contributed by atoms with Crippen molar-refractivity contribution in [3.63, 3.8) is 0 Å². The van der Waals surface area contributed by atoms with Crippen LogP contribution in [-0.2, 0) is 10.1 Å². The quantitative estimate of drug-likeness (QED) is 0.114. The molecule has 1 amide bonds. The van der Waals surface area contributed by atoms with Gasteiger partial charge in [-0.05, 0) is 66.0 Å². The number of hydrogen-bond donors (Lipinski definition) is 4. The zero-order valence-electron chi connectivity index (χ0n) is 21.6. The van der Waals surface area contributed by atoms with Crippen LogP contribution in [-0.4, -0.2) is 31.1 Å². The molecule has 0 unspecified atom stereocenters. The van der Waals surface area contributed by atoms with Crippen molar-refractivity contribution in [1.82, 2.24) is 0 Å². The molecule has 5 aromatic rings. The molecule has 0 bridgehead atoms. The summed E-state index contributed by atoms with van der Waals surface area (Å²) < 4.78 is 39.4. The molecule has 0 aliphatic carbocycles. The van der Waals surface area contributed by atoms with Crippen LogP contribution in [0.15, 0.2) is 118 Å². The first-order valence-corrected chi connectivity index (χ1v) is 13.7. The Morgan fingerprint density at radius 2 is 1.54 bits per heavy atom. The van der Waals surface area contributed by atoms with Crippen LogP contribution in [0.25, 0.3) is 10.8 Å². The first kappa shape index (κ1) is 27.3. The van der Waals surface area contributed by atoms with Gasteiger partial charge in [0.05, 0.1) is 24.0 Å². The lowest BCUT2D eigenvalue weighted by atomic mass is 10.0. The van der Waals surface area contributed by atoms with Crippen LogP contribution < -0.4 is 15.4 Å². The molecule has 0 heterocycles. The maximum Gasteiger partial charge on any atom is 0.296 e. The Bertz CT molecular complexity index is 1880. The van der Waals surface area contributed by atoms with Crippen LogP contribution in [0.2, 0.25) is 0 Å². The Balaban J connectivity index is 1.51. The molecule has 11 heteroatoms. The summed E-state index contributed by atoms with van der Waals surface area (Å²) in [4.78, 5) is 12.6. The second kappa shape index (κ2) is 11.5. The number of azo groups is 1. The highest BCUT2D eigenvalue weighted by Crippen LogP contribution is 2.40. The summed E-state index contributed by atoms with van der Waals surface area (Å²) in [6.45, 7) is 0. The highest BCUT2D eigenvalue weighted by molar-refractivity contribution is 7.86. The van der Waals surface area contributed by atoms with Crippen LogP contribution >= 0.6 is 0 Å². The lowest BCUT2D eigenvalue weighted by Crippen LogP contribution is -2.12. The van der Waals surface area contributed by atoms with Gasteiger partial charge in [-0.2, -0.15) is 13.5 Å². The number of nitrogens with zero attached hydrogens (tertiary/aromatic N) is 2. The molecule has 5 rings (SSSR count). The van der Waals surface area contributed by atoms with Gasteiger partial charge in [0.1, 0.15) is 16.3 Å². The van der Waals surface area contributed by atoms with Gasteiger partial charge in [-0.1, -0.05) is 42.5 Å². The number of hydrogen-bond acceptors (Lipinski definition) is 8. The monoisotopic (exact) mass is 568 g/mol. The number of para-hydroxylation sites is 1.